The Labute approximate surface area is 130 Å². The minimum Gasteiger partial charge on any atom is -0.478 e. The summed E-state index contributed by atoms with van der Waals surface area (Å²) in [6.07, 6.45) is 0. The lowest BCUT2D eigenvalue weighted by molar-refractivity contribution is 0.0699. The number of rotatable bonds is 2. The van der Waals surface area contributed by atoms with Crippen molar-refractivity contribution in [2.75, 3.05) is 0 Å². The second-order valence-electron chi connectivity index (χ2n) is 4.85. The van der Waals surface area contributed by atoms with Crippen LogP contribution in [0, 0.1) is 13.8 Å². The molecule has 1 aromatic carbocycles. The van der Waals surface area contributed by atoms with E-state index in [9.17, 15) is 9.90 Å². The summed E-state index contributed by atoms with van der Waals surface area (Å²) in [5, 5.41) is 10.5. The summed E-state index contributed by atoms with van der Waals surface area (Å²) in [6, 6.07) is 8.77. The molecule has 21 heavy (non-hydrogen) atoms. The molecule has 2 aromatic heterocycles. The SMILES string of the molecule is Cc1cc(-c2cc(C(=O)O)c3cc(Cl)ccc3n2)c(C)s1. The summed E-state index contributed by atoms with van der Waals surface area (Å²) >= 11 is 7.64. The maximum absolute atomic E-state index is 11.5. The van der Waals surface area contributed by atoms with Crippen molar-refractivity contribution in [3.63, 3.8) is 0 Å². The fourth-order valence-corrected chi connectivity index (χ4v) is 3.50. The average molecular weight is 318 g/mol. The van der Waals surface area contributed by atoms with E-state index >= 15 is 0 Å². The molecule has 0 bridgehead atoms. The van der Waals surface area contributed by atoms with Gasteiger partial charge in [0.25, 0.3) is 0 Å². The molecular formula is C16H12ClNO2S. The number of aryl methyl sites for hydroxylation is 2. The standard InChI is InChI=1S/C16H12ClNO2S/c1-8-5-11(9(2)21-8)15-7-13(16(19)20)12-6-10(17)3-4-14(12)18-15/h3-7H,1-2H3,(H,19,20). The topological polar surface area (TPSA) is 50.2 Å². The van der Waals surface area contributed by atoms with Crippen LogP contribution in [0.4, 0.5) is 0 Å². The Hall–Kier alpha value is -1.91. The summed E-state index contributed by atoms with van der Waals surface area (Å²) in [4.78, 5) is 18.4. The summed E-state index contributed by atoms with van der Waals surface area (Å²) < 4.78 is 0. The maximum Gasteiger partial charge on any atom is 0.336 e. The number of halogens is 1. The molecule has 3 nitrogen and oxygen atoms in total. The normalized spacial score (nSPS) is 11.0. The quantitative estimate of drug-likeness (QED) is 0.729. The molecule has 0 unspecified atom stereocenters. The summed E-state index contributed by atoms with van der Waals surface area (Å²) in [5.74, 6) is -0.976. The second kappa shape index (κ2) is 5.13. The van der Waals surface area contributed by atoms with Gasteiger partial charge < -0.3 is 5.11 Å². The molecule has 3 rings (SSSR count). The monoisotopic (exact) mass is 317 g/mol. The van der Waals surface area contributed by atoms with Gasteiger partial charge in [0.2, 0.25) is 0 Å². The zero-order valence-electron chi connectivity index (χ0n) is 11.5. The van der Waals surface area contributed by atoms with Gasteiger partial charge in [-0.3, -0.25) is 0 Å². The van der Waals surface area contributed by atoms with Gasteiger partial charge in [-0.15, -0.1) is 11.3 Å². The molecule has 0 amide bonds. The lowest BCUT2D eigenvalue weighted by Gasteiger charge is -2.07. The van der Waals surface area contributed by atoms with Crippen LogP contribution in [0.5, 0.6) is 0 Å². The van der Waals surface area contributed by atoms with E-state index in [0.717, 1.165) is 10.4 Å². The Morgan fingerprint density at radius 3 is 2.62 bits per heavy atom. The van der Waals surface area contributed by atoms with Crippen molar-refractivity contribution in [3.8, 4) is 11.3 Å². The van der Waals surface area contributed by atoms with Crippen LogP contribution in [-0.4, -0.2) is 16.1 Å². The summed E-state index contributed by atoms with van der Waals surface area (Å²) in [7, 11) is 0. The smallest absolute Gasteiger partial charge is 0.336 e. The molecule has 0 spiro atoms. The Morgan fingerprint density at radius 2 is 2.00 bits per heavy atom. The first-order chi connectivity index (χ1) is 9.95. The maximum atomic E-state index is 11.5. The van der Waals surface area contributed by atoms with E-state index < -0.39 is 5.97 Å². The predicted octanol–water partition coefficient (Wildman–Crippen LogP) is 4.93. The van der Waals surface area contributed by atoms with Crippen molar-refractivity contribution in [1.29, 1.82) is 0 Å². The number of fused-ring (bicyclic) bond motifs is 1. The molecule has 0 atom stereocenters. The number of carboxylic acids is 1. The summed E-state index contributed by atoms with van der Waals surface area (Å²) in [5.41, 5.74) is 2.53. The number of carbonyl (C=O) groups is 1. The number of aromatic nitrogens is 1. The van der Waals surface area contributed by atoms with Crippen LogP contribution in [0.2, 0.25) is 5.02 Å². The lowest BCUT2D eigenvalue weighted by atomic mass is 10.0. The molecule has 5 heteroatoms. The fraction of sp³-hybridized carbons (Fsp3) is 0.125. The van der Waals surface area contributed by atoms with E-state index in [4.69, 9.17) is 11.6 Å². The van der Waals surface area contributed by atoms with E-state index in [1.807, 2.05) is 19.9 Å². The van der Waals surface area contributed by atoms with Crippen LogP contribution >= 0.6 is 22.9 Å². The average Bonchev–Trinajstić information content (AvgIpc) is 2.76. The van der Waals surface area contributed by atoms with Crippen LogP contribution in [0.25, 0.3) is 22.2 Å². The Morgan fingerprint density at radius 1 is 1.24 bits per heavy atom. The number of nitrogens with zero attached hydrogens (tertiary/aromatic N) is 1. The van der Waals surface area contributed by atoms with Gasteiger partial charge in [0.05, 0.1) is 16.8 Å². The molecule has 3 aromatic rings. The third kappa shape index (κ3) is 2.52. The minimum absolute atomic E-state index is 0.223. The van der Waals surface area contributed by atoms with E-state index in [2.05, 4.69) is 4.98 Å². The van der Waals surface area contributed by atoms with Gasteiger partial charge in [0.15, 0.2) is 0 Å². The Balaban J connectivity index is 2.33. The van der Waals surface area contributed by atoms with Crippen molar-refractivity contribution >= 4 is 39.8 Å². The number of aromatic carboxylic acids is 1. The van der Waals surface area contributed by atoms with Crippen molar-refractivity contribution < 1.29 is 9.90 Å². The molecule has 0 fully saturated rings. The molecule has 0 radical (unpaired) electrons. The van der Waals surface area contributed by atoms with Crippen molar-refractivity contribution in [2.24, 2.45) is 0 Å². The highest BCUT2D eigenvalue weighted by Crippen LogP contribution is 2.32. The number of hydrogen-bond donors (Lipinski definition) is 1. The zero-order chi connectivity index (χ0) is 15.1. The molecule has 0 aliphatic carbocycles. The first-order valence-electron chi connectivity index (χ1n) is 6.36. The number of hydrogen-bond acceptors (Lipinski definition) is 3. The Kier molecular flexibility index (Phi) is 3.43. The third-order valence-corrected chi connectivity index (χ3v) is 4.52. The minimum atomic E-state index is -0.976. The van der Waals surface area contributed by atoms with E-state index in [1.54, 1.807) is 35.6 Å². The number of carboxylic acid groups (broad SMARTS) is 1. The van der Waals surface area contributed by atoms with Crippen LogP contribution in [0.3, 0.4) is 0 Å². The largest absolute Gasteiger partial charge is 0.478 e. The number of thiophene rings is 1. The molecule has 0 aliphatic rings. The van der Waals surface area contributed by atoms with Gasteiger partial charge >= 0.3 is 5.97 Å². The molecule has 0 aliphatic heterocycles. The summed E-state index contributed by atoms with van der Waals surface area (Å²) in [6.45, 7) is 4.04. The molecule has 106 valence electrons. The molecule has 1 N–H and O–H groups in total. The second-order valence-corrected chi connectivity index (χ2v) is 6.75. The molecule has 0 saturated carbocycles. The van der Waals surface area contributed by atoms with Crippen molar-refractivity contribution in [3.05, 3.63) is 50.7 Å². The van der Waals surface area contributed by atoms with Crippen molar-refractivity contribution in [2.45, 2.75) is 13.8 Å². The van der Waals surface area contributed by atoms with Crippen molar-refractivity contribution in [1.82, 2.24) is 4.98 Å². The van der Waals surface area contributed by atoms with E-state index in [1.165, 1.54) is 4.88 Å². The number of benzene rings is 1. The van der Waals surface area contributed by atoms with Crippen LogP contribution in [-0.2, 0) is 0 Å². The van der Waals surface area contributed by atoms with Gasteiger partial charge in [-0.25, -0.2) is 9.78 Å². The molecular weight excluding hydrogens is 306 g/mol. The highest BCUT2D eigenvalue weighted by molar-refractivity contribution is 7.12. The van der Waals surface area contributed by atoms with E-state index in [-0.39, 0.29) is 5.56 Å². The molecule has 2 heterocycles. The lowest BCUT2D eigenvalue weighted by Crippen LogP contribution is -2.00. The highest BCUT2D eigenvalue weighted by Gasteiger charge is 2.15. The van der Waals surface area contributed by atoms with Gasteiger partial charge in [0, 0.05) is 25.7 Å². The fourth-order valence-electron chi connectivity index (χ4n) is 2.40. The predicted molar refractivity (Wildman–Crippen MR) is 86.5 cm³/mol. The zero-order valence-corrected chi connectivity index (χ0v) is 13.0. The van der Waals surface area contributed by atoms with E-state index in [0.29, 0.717) is 21.6 Å². The molecule has 0 saturated heterocycles. The van der Waals surface area contributed by atoms with Crippen LogP contribution < -0.4 is 0 Å². The van der Waals surface area contributed by atoms with Gasteiger partial charge in [-0.2, -0.15) is 0 Å². The van der Waals surface area contributed by atoms with Gasteiger partial charge in [0.1, 0.15) is 0 Å². The third-order valence-electron chi connectivity index (χ3n) is 3.32. The van der Waals surface area contributed by atoms with Gasteiger partial charge in [-0.1, -0.05) is 11.6 Å². The van der Waals surface area contributed by atoms with Crippen LogP contribution in [0.1, 0.15) is 20.1 Å². The Bertz CT molecular complexity index is 870. The first kappa shape index (κ1) is 14.0. The first-order valence-corrected chi connectivity index (χ1v) is 7.56. The number of pyridine rings is 1. The highest BCUT2D eigenvalue weighted by atomic mass is 35.5. The van der Waals surface area contributed by atoms with Crippen LogP contribution in [0.15, 0.2) is 30.3 Å². The van der Waals surface area contributed by atoms with Gasteiger partial charge in [-0.05, 0) is 44.2 Å².